The smallest absolute Gasteiger partial charge is 0.221 e. The Morgan fingerprint density at radius 1 is 1.00 bits per heavy atom. The zero-order valence-electron chi connectivity index (χ0n) is 16.2. The van der Waals surface area contributed by atoms with E-state index < -0.39 is 30.5 Å². The summed E-state index contributed by atoms with van der Waals surface area (Å²) in [6.45, 7) is -0.246. The minimum absolute atomic E-state index is 0.0374. The van der Waals surface area contributed by atoms with Gasteiger partial charge in [0, 0.05) is 36.4 Å². The van der Waals surface area contributed by atoms with Gasteiger partial charge in [0.1, 0.15) is 24.6 Å². The highest BCUT2D eigenvalue weighted by molar-refractivity contribution is 5.39. The molecule has 11 nitrogen and oxygen atoms in total. The van der Waals surface area contributed by atoms with Crippen molar-refractivity contribution in [2.24, 2.45) is 0 Å². The van der Waals surface area contributed by atoms with Crippen molar-refractivity contribution < 1.29 is 29.5 Å². The first-order valence-electron chi connectivity index (χ1n) is 9.69. The predicted octanol–water partition coefficient (Wildman–Crippen LogP) is -0.511. The van der Waals surface area contributed by atoms with Crippen LogP contribution >= 0.6 is 0 Å². The Morgan fingerprint density at radius 2 is 1.67 bits per heavy atom. The van der Waals surface area contributed by atoms with E-state index >= 15 is 0 Å². The number of aromatic nitrogens is 3. The molecule has 0 saturated carbocycles. The largest absolute Gasteiger partial charge is 0.474 e. The van der Waals surface area contributed by atoms with Gasteiger partial charge in [-0.1, -0.05) is 0 Å². The van der Waals surface area contributed by atoms with Crippen LogP contribution in [0, 0.1) is 0 Å². The molecule has 30 heavy (non-hydrogen) atoms. The summed E-state index contributed by atoms with van der Waals surface area (Å²) in [7, 11) is 0. The maximum Gasteiger partial charge on any atom is 0.221 e. The van der Waals surface area contributed by atoms with Crippen LogP contribution in [-0.4, -0.2) is 67.9 Å². The average Bonchev–Trinajstić information content (AvgIpc) is 3.29. The summed E-state index contributed by atoms with van der Waals surface area (Å²) in [6, 6.07) is 3.33. The van der Waals surface area contributed by atoms with Gasteiger partial charge in [0.25, 0.3) is 0 Å². The lowest BCUT2D eigenvalue weighted by Crippen LogP contribution is -2.28. The standard InChI is InChI=1S/C19H25N5O6/c20-17-2-1-10(14-4-11(26)15(7-25)30-14)18(24-17)28-8-16-12(27)3-13(29-16)9-5-22-19(21)23-6-9/h1-2,5-6,11-16,25-27H,3-4,7-8H2,(H2,20,24)(H2,21,22,23)/t11?,12?,13-,14-,15-,16-/m1/s1. The van der Waals surface area contributed by atoms with E-state index in [4.69, 9.17) is 25.7 Å². The van der Waals surface area contributed by atoms with Gasteiger partial charge < -0.3 is 41.0 Å². The Labute approximate surface area is 172 Å². The highest BCUT2D eigenvalue weighted by Gasteiger charge is 2.38. The zero-order valence-corrected chi connectivity index (χ0v) is 16.2. The molecule has 0 radical (unpaired) electrons. The van der Waals surface area contributed by atoms with Crippen LogP contribution in [0.1, 0.15) is 36.2 Å². The van der Waals surface area contributed by atoms with Crippen molar-refractivity contribution in [2.75, 3.05) is 24.7 Å². The van der Waals surface area contributed by atoms with Crippen molar-refractivity contribution in [1.82, 2.24) is 15.0 Å². The predicted molar refractivity (Wildman–Crippen MR) is 104 cm³/mol. The minimum Gasteiger partial charge on any atom is -0.474 e. The number of anilines is 2. The van der Waals surface area contributed by atoms with Crippen molar-refractivity contribution in [3.63, 3.8) is 0 Å². The number of hydrogen-bond acceptors (Lipinski definition) is 11. The van der Waals surface area contributed by atoms with Crippen LogP contribution in [-0.2, 0) is 9.47 Å². The topological polar surface area (TPSA) is 179 Å². The summed E-state index contributed by atoms with van der Waals surface area (Å²) in [4.78, 5) is 12.1. The quantitative estimate of drug-likeness (QED) is 0.407. The summed E-state index contributed by atoms with van der Waals surface area (Å²) in [5, 5.41) is 29.7. The number of aliphatic hydroxyl groups excluding tert-OH is 3. The molecule has 2 aromatic rings. The summed E-state index contributed by atoms with van der Waals surface area (Å²) >= 11 is 0. The van der Waals surface area contributed by atoms with E-state index in [0.717, 1.165) is 5.56 Å². The van der Waals surface area contributed by atoms with Gasteiger partial charge in [-0.15, -0.1) is 0 Å². The van der Waals surface area contributed by atoms with Gasteiger partial charge in [0.2, 0.25) is 11.8 Å². The average molecular weight is 419 g/mol. The van der Waals surface area contributed by atoms with Crippen molar-refractivity contribution in [3.05, 3.63) is 35.7 Å². The number of rotatable bonds is 6. The molecular weight excluding hydrogens is 394 g/mol. The second-order valence-corrected chi connectivity index (χ2v) is 7.43. The normalized spacial score (nSPS) is 31.2. The highest BCUT2D eigenvalue weighted by atomic mass is 16.6. The molecule has 4 rings (SSSR count). The first kappa shape index (κ1) is 20.7. The van der Waals surface area contributed by atoms with Crippen LogP contribution in [0.2, 0.25) is 0 Å². The molecular formula is C19H25N5O6. The Kier molecular flexibility index (Phi) is 5.97. The van der Waals surface area contributed by atoms with Crippen molar-refractivity contribution in [1.29, 1.82) is 0 Å². The molecule has 7 N–H and O–H groups in total. The molecule has 162 valence electrons. The lowest BCUT2D eigenvalue weighted by Gasteiger charge is -2.19. The van der Waals surface area contributed by atoms with E-state index in [9.17, 15) is 15.3 Å². The Balaban J connectivity index is 1.43. The molecule has 2 aromatic heterocycles. The lowest BCUT2D eigenvalue weighted by molar-refractivity contribution is -0.0268. The molecule has 11 heteroatoms. The van der Waals surface area contributed by atoms with E-state index in [2.05, 4.69) is 15.0 Å². The second kappa shape index (κ2) is 8.66. The molecule has 0 spiro atoms. The van der Waals surface area contributed by atoms with Crippen LogP contribution in [0.3, 0.4) is 0 Å². The molecule has 0 amide bonds. The van der Waals surface area contributed by atoms with E-state index in [1.54, 1.807) is 24.5 Å². The number of pyridine rings is 1. The van der Waals surface area contributed by atoms with Gasteiger partial charge in [-0.25, -0.2) is 9.97 Å². The SMILES string of the molecule is Nc1ccc([C@H]2CC(O)[C@@H](CO)O2)c(OC[C@H]2O[C@@H](c3cnc(N)nc3)CC2O)n1. The first-order chi connectivity index (χ1) is 14.4. The van der Waals surface area contributed by atoms with E-state index in [1.807, 2.05) is 0 Å². The third-order valence-electron chi connectivity index (χ3n) is 5.33. The molecule has 0 bridgehead atoms. The van der Waals surface area contributed by atoms with Crippen LogP contribution in [0.15, 0.2) is 24.5 Å². The zero-order chi connectivity index (χ0) is 21.3. The van der Waals surface area contributed by atoms with E-state index in [0.29, 0.717) is 18.4 Å². The van der Waals surface area contributed by atoms with Gasteiger partial charge in [0.05, 0.1) is 31.0 Å². The molecule has 2 aliphatic heterocycles. The van der Waals surface area contributed by atoms with E-state index in [1.165, 1.54) is 0 Å². The van der Waals surface area contributed by atoms with Gasteiger partial charge in [0.15, 0.2) is 0 Å². The maximum absolute atomic E-state index is 10.4. The molecule has 2 saturated heterocycles. The fourth-order valence-corrected chi connectivity index (χ4v) is 3.69. The molecule has 0 aliphatic carbocycles. The number of hydrogen-bond donors (Lipinski definition) is 5. The molecule has 0 aromatic carbocycles. The molecule has 2 unspecified atom stereocenters. The Bertz CT molecular complexity index is 869. The van der Waals surface area contributed by atoms with Crippen LogP contribution < -0.4 is 16.2 Å². The van der Waals surface area contributed by atoms with Crippen LogP contribution in [0.25, 0.3) is 0 Å². The minimum atomic E-state index is -0.784. The Morgan fingerprint density at radius 3 is 2.37 bits per heavy atom. The third-order valence-corrected chi connectivity index (χ3v) is 5.33. The fourth-order valence-electron chi connectivity index (χ4n) is 3.69. The first-order valence-corrected chi connectivity index (χ1v) is 9.69. The summed E-state index contributed by atoms with van der Waals surface area (Å²) in [5.74, 6) is 0.664. The van der Waals surface area contributed by atoms with Crippen molar-refractivity contribution >= 4 is 11.8 Å². The molecule has 4 heterocycles. The summed E-state index contributed by atoms with van der Waals surface area (Å²) < 4.78 is 17.5. The van der Waals surface area contributed by atoms with Gasteiger partial charge >= 0.3 is 0 Å². The maximum atomic E-state index is 10.4. The van der Waals surface area contributed by atoms with Gasteiger partial charge in [-0.05, 0) is 12.1 Å². The van der Waals surface area contributed by atoms with Crippen LogP contribution in [0.5, 0.6) is 5.88 Å². The monoisotopic (exact) mass is 419 g/mol. The van der Waals surface area contributed by atoms with Gasteiger partial charge in [-0.3, -0.25) is 0 Å². The number of nitrogen functional groups attached to an aromatic ring is 2. The van der Waals surface area contributed by atoms with Crippen LogP contribution in [0.4, 0.5) is 11.8 Å². The lowest BCUT2D eigenvalue weighted by atomic mass is 10.1. The molecule has 6 atom stereocenters. The summed E-state index contributed by atoms with van der Waals surface area (Å²) in [6.07, 6.45) is 0.155. The summed E-state index contributed by atoms with van der Waals surface area (Å²) in [5.41, 5.74) is 12.6. The number of aliphatic hydroxyl groups is 3. The second-order valence-electron chi connectivity index (χ2n) is 7.43. The van der Waals surface area contributed by atoms with Gasteiger partial charge in [-0.2, -0.15) is 4.98 Å². The highest BCUT2D eigenvalue weighted by Crippen LogP contribution is 2.38. The Hall–Kier alpha value is -2.57. The number of nitrogens with two attached hydrogens (primary N) is 2. The number of ether oxygens (including phenoxy) is 3. The fraction of sp³-hybridized carbons (Fsp3) is 0.526. The van der Waals surface area contributed by atoms with E-state index in [-0.39, 0.29) is 37.0 Å². The number of nitrogens with zero attached hydrogens (tertiary/aromatic N) is 3. The third kappa shape index (κ3) is 4.30. The van der Waals surface area contributed by atoms with Crippen molar-refractivity contribution in [2.45, 2.75) is 49.5 Å². The van der Waals surface area contributed by atoms with Crippen molar-refractivity contribution in [3.8, 4) is 5.88 Å². The molecule has 2 fully saturated rings. The molecule has 2 aliphatic rings.